The second-order valence-electron chi connectivity index (χ2n) is 6.32. The molecule has 5 nitrogen and oxygen atoms in total. The average Bonchev–Trinajstić information content (AvgIpc) is 3.23. The zero-order valence-electron chi connectivity index (χ0n) is 13.9. The fourth-order valence-corrected chi connectivity index (χ4v) is 3.66. The summed E-state index contributed by atoms with van der Waals surface area (Å²) in [6.45, 7) is 2.44. The zero-order chi connectivity index (χ0) is 18.3. The third-order valence-electron chi connectivity index (χ3n) is 4.41. The predicted molar refractivity (Wildman–Crippen MR) is 103 cm³/mol. The Hall–Kier alpha value is -2.18. The lowest BCUT2D eigenvalue weighted by Gasteiger charge is -2.18. The van der Waals surface area contributed by atoms with Crippen molar-refractivity contribution in [1.82, 2.24) is 10.1 Å². The number of carbonyl (C=O) groups excluding carboxylic acids is 1. The minimum Gasteiger partial charge on any atom is -0.339 e. The summed E-state index contributed by atoms with van der Waals surface area (Å²) in [6.07, 6.45) is 0.326. The molecule has 0 spiro atoms. The Labute approximate surface area is 164 Å². The number of halogens is 2. The van der Waals surface area contributed by atoms with Crippen LogP contribution in [0.5, 0.6) is 0 Å². The standard InChI is InChI=1S/C19H15BrClN3O2/c1-11-2-7-16(15(21)8-11)24-10-13(9-17(24)25)19-22-18(23-26-19)12-3-5-14(20)6-4-12/h2-8,13H,9-10H2,1H3. The third-order valence-corrected chi connectivity index (χ3v) is 5.24. The molecule has 2 heterocycles. The van der Waals surface area contributed by atoms with E-state index in [0.717, 1.165) is 21.3 Å². The molecule has 1 amide bonds. The smallest absolute Gasteiger partial charge is 0.232 e. The monoisotopic (exact) mass is 431 g/mol. The van der Waals surface area contributed by atoms with Crippen LogP contribution in [0.15, 0.2) is 51.5 Å². The van der Waals surface area contributed by atoms with E-state index in [9.17, 15) is 4.79 Å². The van der Waals surface area contributed by atoms with Crippen LogP contribution in [-0.2, 0) is 4.79 Å². The highest BCUT2D eigenvalue weighted by Crippen LogP contribution is 2.35. The number of rotatable bonds is 3. The number of carbonyl (C=O) groups is 1. The SMILES string of the molecule is Cc1ccc(N2CC(c3nc(-c4ccc(Br)cc4)no3)CC2=O)c(Cl)c1. The van der Waals surface area contributed by atoms with Crippen molar-refractivity contribution in [3.05, 3.63) is 63.4 Å². The normalized spacial score (nSPS) is 17.1. The Morgan fingerprint density at radius 1 is 1.23 bits per heavy atom. The largest absolute Gasteiger partial charge is 0.339 e. The summed E-state index contributed by atoms with van der Waals surface area (Å²) in [6, 6.07) is 13.3. The highest BCUT2D eigenvalue weighted by Gasteiger charge is 2.36. The van der Waals surface area contributed by atoms with Crippen LogP contribution in [0.1, 0.15) is 23.8 Å². The molecule has 132 valence electrons. The number of aryl methyl sites for hydroxylation is 1. The first-order chi connectivity index (χ1) is 12.5. The molecular weight excluding hydrogens is 418 g/mol. The summed E-state index contributed by atoms with van der Waals surface area (Å²) >= 11 is 9.72. The summed E-state index contributed by atoms with van der Waals surface area (Å²) in [5, 5.41) is 4.62. The zero-order valence-corrected chi connectivity index (χ0v) is 16.3. The number of aromatic nitrogens is 2. The van der Waals surface area contributed by atoms with Crippen LogP contribution in [0.25, 0.3) is 11.4 Å². The van der Waals surface area contributed by atoms with E-state index in [0.29, 0.717) is 29.7 Å². The van der Waals surface area contributed by atoms with E-state index < -0.39 is 0 Å². The second-order valence-corrected chi connectivity index (χ2v) is 7.65. The highest BCUT2D eigenvalue weighted by atomic mass is 79.9. The van der Waals surface area contributed by atoms with Gasteiger partial charge in [0.2, 0.25) is 17.6 Å². The number of hydrogen-bond acceptors (Lipinski definition) is 4. The maximum atomic E-state index is 12.5. The van der Waals surface area contributed by atoms with Gasteiger partial charge in [-0.3, -0.25) is 4.79 Å². The lowest BCUT2D eigenvalue weighted by atomic mass is 10.1. The van der Waals surface area contributed by atoms with E-state index >= 15 is 0 Å². The van der Waals surface area contributed by atoms with E-state index in [-0.39, 0.29) is 11.8 Å². The van der Waals surface area contributed by atoms with Crippen LogP contribution in [0.2, 0.25) is 5.02 Å². The number of amides is 1. The van der Waals surface area contributed by atoms with Gasteiger partial charge in [0.15, 0.2) is 0 Å². The highest BCUT2D eigenvalue weighted by molar-refractivity contribution is 9.10. The minimum atomic E-state index is -0.142. The van der Waals surface area contributed by atoms with Crippen molar-refractivity contribution < 1.29 is 9.32 Å². The minimum absolute atomic E-state index is 0.00384. The lowest BCUT2D eigenvalue weighted by Crippen LogP contribution is -2.24. The molecule has 1 saturated heterocycles. The molecule has 26 heavy (non-hydrogen) atoms. The van der Waals surface area contributed by atoms with Crippen molar-refractivity contribution in [2.75, 3.05) is 11.4 Å². The molecule has 0 N–H and O–H groups in total. The van der Waals surface area contributed by atoms with Gasteiger partial charge in [-0.25, -0.2) is 0 Å². The second kappa shape index (κ2) is 6.85. The van der Waals surface area contributed by atoms with Crippen molar-refractivity contribution in [3.63, 3.8) is 0 Å². The molecule has 0 radical (unpaired) electrons. The van der Waals surface area contributed by atoms with Crippen LogP contribution in [0.4, 0.5) is 5.69 Å². The quantitative estimate of drug-likeness (QED) is 0.585. The third kappa shape index (κ3) is 3.27. The van der Waals surface area contributed by atoms with Crippen LogP contribution in [0, 0.1) is 6.92 Å². The first-order valence-electron chi connectivity index (χ1n) is 8.17. The first-order valence-corrected chi connectivity index (χ1v) is 9.34. The van der Waals surface area contributed by atoms with Crippen LogP contribution in [0.3, 0.4) is 0 Å². The van der Waals surface area contributed by atoms with Crippen molar-refractivity contribution in [1.29, 1.82) is 0 Å². The average molecular weight is 433 g/mol. The van der Waals surface area contributed by atoms with Crippen molar-refractivity contribution in [3.8, 4) is 11.4 Å². The number of nitrogens with zero attached hydrogens (tertiary/aromatic N) is 3. The first kappa shape index (κ1) is 17.2. The van der Waals surface area contributed by atoms with Crippen LogP contribution < -0.4 is 4.90 Å². The fourth-order valence-electron chi connectivity index (χ4n) is 3.05. The molecule has 1 aliphatic rings. The molecule has 1 aliphatic heterocycles. The number of hydrogen-bond donors (Lipinski definition) is 0. The molecular formula is C19H15BrClN3O2. The van der Waals surface area contributed by atoms with Gasteiger partial charge >= 0.3 is 0 Å². The van der Waals surface area contributed by atoms with Gasteiger partial charge in [0.1, 0.15) is 0 Å². The summed E-state index contributed by atoms with van der Waals surface area (Å²) in [5.74, 6) is 0.856. The Morgan fingerprint density at radius 3 is 2.73 bits per heavy atom. The summed E-state index contributed by atoms with van der Waals surface area (Å²) in [4.78, 5) is 18.7. The predicted octanol–water partition coefficient (Wildman–Crippen LogP) is 4.98. The summed E-state index contributed by atoms with van der Waals surface area (Å²) in [5.41, 5.74) is 2.64. The molecule has 3 aromatic rings. The Morgan fingerprint density at radius 2 is 2.00 bits per heavy atom. The molecule has 1 unspecified atom stereocenters. The van der Waals surface area contributed by atoms with Gasteiger partial charge in [-0.1, -0.05) is 38.8 Å². The van der Waals surface area contributed by atoms with Crippen LogP contribution >= 0.6 is 27.5 Å². The molecule has 2 aromatic carbocycles. The number of anilines is 1. The Balaban J connectivity index is 1.56. The van der Waals surface area contributed by atoms with Gasteiger partial charge in [0, 0.05) is 23.0 Å². The summed E-state index contributed by atoms with van der Waals surface area (Å²) < 4.78 is 6.41. The van der Waals surface area contributed by atoms with Gasteiger partial charge in [-0.15, -0.1) is 0 Å². The van der Waals surface area contributed by atoms with E-state index in [1.165, 1.54) is 0 Å². The van der Waals surface area contributed by atoms with Crippen molar-refractivity contribution >= 4 is 39.1 Å². The number of benzene rings is 2. The van der Waals surface area contributed by atoms with Gasteiger partial charge in [0.25, 0.3) is 0 Å². The molecule has 1 aromatic heterocycles. The Kier molecular flexibility index (Phi) is 4.54. The van der Waals surface area contributed by atoms with Gasteiger partial charge < -0.3 is 9.42 Å². The van der Waals surface area contributed by atoms with Crippen LogP contribution in [-0.4, -0.2) is 22.6 Å². The maximum Gasteiger partial charge on any atom is 0.232 e. The molecule has 0 saturated carbocycles. The molecule has 7 heteroatoms. The molecule has 4 rings (SSSR count). The summed E-state index contributed by atoms with van der Waals surface area (Å²) in [7, 11) is 0. The van der Waals surface area contributed by atoms with Gasteiger partial charge in [-0.05, 0) is 48.9 Å². The maximum absolute atomic E-state index is 12.5. The van der Waals surface area contributed by atoms with Gasteiger partial charge in [0.05, 0.1) is 16.6 Å². The van der Waals surface area contributed by atoms with E-state index in [4.69, 9.17) is 16.1 Å². The van der Waals surface area contributed by atoms with Gasteiger partial charge in [-0.2, -0.15) is 4.98 Å². The van der Waals surface area contributed by atoms with E-state index in [2.05, 4.69) is 26.1 Å². The molecule has 1 fully saturated rings. The van der Waals surface area contributed by atoms with Crippen molar-refractivity contribution in [2.24, 2.45) is 0 Å². The molecule has 1 atom stereocenters. The Bertz CT molecular complexity index is 971. The molecule has 0 bridgehead atoms. The molecule has 0 aliphatic carbocycles. The van der Waals surface area contributed by atoms with E-state index in [1.807, 2.05) is 49.4 Å². The van der Waals surface area contributed by atoms with E-state index in [1.54, 1.807) is 4.90 Å². The fraction of sp³-hybridized carbons (Fsp3) is 0.211. The van der Waals surface area contributed by atoms with Crippen molar-refractivity contribution in [2.45, 2.75) is 19.3 Å². The topological polar surface area (TPSA) is 59.2 Å². The lowest BCUT2D eigenvalue weighted by molar-refractivity contribution is -0.117.